The lowest BCUT2D eigenvalue weighted by Gasteiger charge is -2.34. The highest BCUT2D eigenvalue weighted by Gasteiger charge is 2.34. The summed E-state index contributed by atoms with van der Waals surface area (Å²) in [4.78, 5) is 14.3. The van der Waals surface area contributed by atoms with Gasteiger partial charge in [0.05, 0.1) is 7.11 Å². The third kappa shape index (κ3) is 5.04. The topological polar surface area (TPSA) is 50.8 Å². The van der Waals surface area contributed by atoms with Crippen LogP contribution in [-0.2, 0) is 14.3 Å². The molecular weight excluding hydrogens is 256 g/mol. The van der Waals surface area contributed by atoms with Gasteiger partial charge in [-0.15, -0.1) is 0 Å². The summed E-state index contributed by atoms with van der Waals surface area (Å²) in [5, 5.41) is 3.33. The van der Waals surface area contributed by atoms with E-state index in [1.54, 1.807) is 0 Å². The van der Waals surface area contributed by atoms with Crippen LogP contribution in [0.5, 0.6) is 0 Å². The molecule has 1 unspecified atom stereocenters. The highest BCUT2D eigenvalue weighted by atomic mass is 16.5. The van der Waals surface area contributed by atoms with Gasteiger partial charge in [0.25, 0.3) is 0 Å². The first-order valence-electron chi connectivity index (χ1n) is 7.65. The fourth-order valence-electron chi connectivity index (χ4n) is 2.60. The average molecular weight is 286 g/mol. The summed E-state index contributed by atoms with van der Waals surface area (Å²) >= 11 is 0. The highest BCUT2D eigenvalue weighted by Crippen LogP contribution is 2.17. The van der Waals surface area contributed by atoms with E-state index in [2.05, 4.69) is 24.2 Å². The Morgan fingerprint density at radius 1 is 1.45 bits per heavy atom. The van der Waals surface area contributed by atoms with Gasteiger partial charge in [-0.2, -0.15) is 0 Å². The van der Waals surface area contributed by atoms with Crippen molar-refractivity contribution in [2.75, 3.05) is 40.5 Å². The van der Waals surface area contributed by atoms with Gasteiger partial charge in [-0.1, -0.05) is 6.92 Å². The molecule has 5 heteroatoms. The van der Waals surface area contributed by atoms with E-state index >= 15 is 0 Å². The quantitative estimate of drug-likeness (QED) is 0.684. The van der Waals surface area contributed by atoms with Crippen LogP contribution in [0.4, 0.5) is 0 Å². The van der Waals surface area contributed by atoms with Crippen LogP contribution in [0.3, 0.4) is 0 Å². The molecule has 0 aromatic heterocycles. The lowest BCUT2D eigenvalue weighted by Crippen LogP contribution is -2.52. The van der Waals surface area contributed by atoms with Crippen molar-refractivity contribution in [2.24, 2.45) is 0 Å². The largest absolute Gasteiger partial charge is 0.468 e. The Morgan fingerprint density at radius 3 is 2.65 bits per heavy atom. The van der Waals surface area contributed by atoms with Gasteiger partial charge in [0.15, 0.2) is 0 Å². The van der Waals surface area contributed by atoms with E-state index in [4.69, 9.17) is 9.47 Å². The van der Waals surface area contributed by atoms with Gasteiger partial charge in [0.2, 0.25) is 0 Å². The summed E-state index contributed by atoms with van der Waals surface area (Å²) < 4.78 is 10.3. The maximum absolute atomic E-state index is 12.0. The number of carbonyl (C=O) groups is 1. The smallest absolute Gasteiger partial charge is 0.325 e. The molecule has 0 aromatic rings. The minimum absolute atomic E-state index is 0.175. The van der Waals surface area contributed by atoms with E-state index in [-0.39, 0.29) is 5.97 Å². The van der Waals surface area contributed by atoms with Crippen molar-refractivity contribution in [1.82, 2.24) is 10.2 Å². The third-order valence-electron chi connectivity index (χ3n) is 4.18. The molecule has 118 valence electrons. The summed E-state index contributed by atoms with van der Waals surface area (Å²) in [5.74, 6) is -0.175. The lowest BCUT2D eigenvalue weighted by molar-refractivity contribution is -0.148. The number of hydrogen-bond acceptors (Lipinski definition) is 5. The predicted octanol–water partition coefficient (Wildman–Crippen LogP) is 1.42. The minimum Gasteiger partial charge on any atom is -0.468 e. The number of nitrogens with one attached hydrogen (secondary N) is 1. The Balaban J connectivity index is 2.49. The maximum atomic E-state index is 12.0. The molecular formula is C15H30N2O3. The molecule has 0 aromatic carbocycles. The number of carbonyl (C=O) groups excluding carboxylic acids is 1. The molecule has 0 amide bonds. The van der Waals surface area contributed by atoms with Crippen LogP contribution in [-0.4, -0.2) is 62.9 Å². The van der Waals surface area contributed by atoms with Crippen molar-refractivity contribution in [2.45, 2.75) is 51.1 Å². The van der Waals surface area contributed by atoms with Crippen LogP contribution in [0, 0.1) is 0 Å². The number of esters is 1. The van der Waals surface area contributed by atoms with Gasteiger partial charge in [0, 0.05) is 25.8 Å². The molecule has 1 heterocycles. The van der Waals surface area contributed by atoms with Crippen LogP contribution < -0.4 is 5.32 Å². The summed E-state index contributed by atoms with van der Waals surface area (Å²) in [6.45, 7) is 7.43. The minimum atomic E-state index is -0.593. The van der Waals surface area contributed by atoms with Gasteiger partial charge in [-0.25, -0.2) is 0 Å². The number of ether oxygens (including phenoxy) is 2. The van der Waals surface area contributed by atoms with Gasteiger partial charge in [-0.3, -0.25) is 4.79 Å². The fraction of sp³-hybridized carbons (Fsp3) is 0.933. The normalized spacial score (nSPS) is 19.9. The van der Waals surface area contributed by atoms with Gasteiger partial charge in [-0.05, 0) is 46.2 Å². The number of rotatable bonds is 8. The predicted molar refractivity (Wildman–Crippen MR) is 79.8 cm³/mol. The molecule has 1 rings (SSSR count). The Kier molecular flexibility index (Phi) is 7.48. The van der Waals surface area contributed by atoms with Crippen molar-refractivity contribution in [1.29, 1.82) is 0 Å². The second kappa shape index (κ2) is 8.60. The van der Waals surface area contributed by atoms with Crippen LogP contribution in [0.2, 0.25) is 0 Å². The van der Waals surface area contributed by atoms with Crippen molar-refractivity contribution >= 4 is 5.97 Å². The summed E-state index contributed by atoms with van der Waals surface area (Å²) in [6.07, 6.45) is 3.91. The van der Waals surface area contributed by atoms with Gasteiger partial charge < -0.3 is 19.7 Å². The van der Waals surface area contributed by atoms with E-state index in [0.717, 1.165) is 52.0 Å². The molecule has 0 spiro atoms. The molecule has 0 aliphatic carbocycles. The van der Waals surface area contributed by atoms with E-state index in [0.29, 0.717) is 6.04 Å². The van der Waals surface area contributed by atoms with Crippen LogP contribution in [0.25, 0.3) is 0 Å². The zero-order valence-corrected chi connectivity index (χ0v) is 13.4. The van der Waals surface area contributed by atoms with Crippen LogP contribution in [0.1, 0.15) is 39.5 Å². The zero-order valence-electron chi connectivity index (χ0n) is 13.4. The molecule has 1 saturated heterocycles. The first kappa shape index (κ1) is 17.4. The lowest BCUT2D eigenvalue weighted by atomic mass is 9.96. The average Bonchev–Trinajstić information content (AvgIpc) is 2.50. The Hall–Kier alpha value is -0.650. The fourth-order valence-corrected chi connectivity index (χ4v) is 2.60. The standard InChI is InChI=1S/C15H30N2O3/c1-5-9-16-15(2,14(18)19-4)8-10-17(3)13-6-11-20-12-7-13/h13,16H,5-12H2,1-4H3. The first-order chi connectivity index (χ1) is 9.53. The number of hydrogen-bond donors (Lipinski definition) is 1. The monoisotopic (exact) mass is 286 g/mol. The molecule has 1 aliphatic rings. The Labute approximate surface area is 123 Å². The van der Waals surface area contributed by atoms with E-state index in [9.17, 15) is 4.79 Å². The van der Waals surface area contributed by atoms with Crippen molar-refractivity contribution in [3.05, 3.63) is 0 Å². The molecule has 5 nitrogen and oxygen atoms in total. The second-order valence-electron chi connectivity index (χ2n) is 5.82. The molecule has 0 radical (unpaired) electrons. The molecule has 1 atom stereocenters. The maximum Gasteiger partial charge on any atom is 0.325 e. The van der Waals surface area contributed by atoms with E-state index in [1.807, 2.05) is 6.92 Å². The molecule has 20 heavy (non-hydrogen) atoms. The van der Waals surface area contributed by atoms with Gasteiger partial charge in [0.1, 0.15) is 5.54 Å². The Morgan fingerprint density at radius 2 is 2.10 bits per heavy atom. The third-order valence-corrected chi connectivity index (χ3v) is 4.18. The number of nitrogens with zero attached hydrogens (tertiary/aromatic N) is 1. The van der Waals surface area contributed by atoms with Gasteiger partial charge >= 0.3 is 5.97 Å². The zero-order chi connectivity index (χ0) is 15.0. The molecule has 1 aliphatic heterocycles. The van der Waals surface area contributed by atoms with Crippen molar-refractivity contribution in [3.8, 4) is 0 Å². The van der Waals surface area contributed by atoms with Crippen molar-refractivity contribution in [3.63, 3.8) is 0 Å². The van der Waals surface area contributed by atoms with Crippen LogP contribution >= 0.6 is 0 Å². The van der Waals surface area contributed by atoms with Crippen molar-refractivity contribution < 1.29 is 14.3 Å². The van der Waals surface area contributed by atoms with Crippen LogP contribution in [0.15, 0.2) is 0 Å². The summed E-state index contributed by atoms with van der Waals surface area (Å²) in [6, 6.07) is 0.567. The summed E-state index contributed by atoms with van der Waals surface area (Å²) in [5.41, 5.74) is -0.593. The van der Waals surface area contributed by atoms with E-state index in [1.165, 1.54) is 7.11 Å². The second-order valence-corrected chi connectivity index (χ2v) is 5.82. The molecule has 1 N–H and O–H groups in total. The first-order valence-corrected chi connectivity index (χ1v) is 7.65. The SMILES string of the molecule is CCCNC(C)(CCN(C)C1CCOCC1)C(=O)OC. The molecule has 0 saturated carbocycles. The summed E-state index contributed by atoms with van der Waals surface area (Å²) in [7, 11) is 3.59. The number of methoxy groups -OCH3 is 1. The highest BCUT2D eigenvalue weighted by molar-refractivity contribution is 5.80. The molecule has 1 fully saturated rings. The Bertz CT molecular complexity index is 293. The molecule has 0 bridgehead atoms. The van der Waals surface area contributed by atoms with E-state index < -0.39 is 5.54 Å².